The second kappa shape index (κ2) is 11.9. The molecule has 0 spiro atoms. The van der Waals surface area contributed by atoms with Gasteiger partial charge >= 0.3 is 6.03 Å². The third-order valence-electron chi connectivity index (χ3n) is 5.76. The van der Waals surface area contributed by atoms with Crippen molar-refractivity contribution in [1.29, 1.82) is 0 Å². The zero-order valence-electron chi connectivity index (χ0n) is 21.1. The summed E-state index contributed by atoms with van der Waals surface area (Å²) in [6.07, 6.45) is 1.36. The van der Waals surface area contributed by atoms with Crippen molar-refractivity contribution >= 4 is 75.4 Å². The van der Waals surface area contributed by atoms with Crippen LogP contribution in [0.4, 0.5) is 16.2 Å². The minimum Gasteiger partial charge on any atom is -0.493 e. The third-order valence-corrected chi connectivity index (χ3v) is 6.82. The number of anilines is 2. The van der Waals surface area contributed by atoms with Crippen LogP contribution >= 0.6 is 34.2 Å². The number of hydrogen-bond donors (Lipinski definition) is 2. The van der Waals surface area contributed by atoms with Crippen molar-refractivity contribution in [2.24, 2.45) is 0 Å². The highest BCUT2D eigenvalue weighted by molar-refractivity contribution is 14.1. The zero-order chi connectivity index (χ0) is 28.3. The summed E-state index contributed by atoms with van der Waals surface area (Å²) in [5, 5.41) is 5.45. The number of nitrogens with zero attached hydrogens (tertiary/aromatic N) is 1. The minimum absolute atomic E-state index is 0.246. The quantitative estimate of drug-likeness (QED) is 0.204. The van der Waals surface area contributed by atoms with Crippen LogP contribution in [0.5, 0.6) is 11.5 Å². The molecule has 5 amide bonds. The Kier molecular flexibility index (Phi) is 8.56. The van der Waals surface area contributed by atoms with Crippen LogP contribution in [0.25, 0.3) is 6.08 Å². The maximum atomic E-state index is 13.2. The molecular weight excluding hydrogens is 637 g/mol. The molecule has 2 N–H and O–H groups in total. The molecule has 4 rings (SSSR count). The number of barbiturate groups is 1. The van der Waals surface area contributed by atoms with Crippen LogP contribution in [0.3, 0.4) is 0 Å². The molecular formula is C28H23ClIN3O6. The molecule has 0 radical (unpaired) electrons. The molecule has 1 aliphatic rings. The second-order valence-corrected chi connectivity index (χ2v) is 10.2. The van der Waals surface area contributed by atoms with Gasteiger partial charge in [0.05, 0.1) is 16.4 Å². The fourth-order valence-corrected chi connectivity index (χ4v) is 4.71. The van der Waals surface area contributed by atoms with Gasteiger partial charge in [0.25, 0.3) is 17.7 Å². The number of aryl methyl sites for hydroxylation is 2. The molecule has 1 fully saturated rings. The number of methoxy groups -OCH3 is 1. The highest BCUT2D eigenvalue weighted by Crippen LogP contribution is 2.35. The van der Waals surface area contributed by atoms with Crippen molar-refractivity contribution in [1.82, 2.24) is 5.32 Å². The van der Waals surface area contributed by atoms with Gasteiger partial charge in [-0.2, -0.15) is 0 Å². The molecule has 11 heteroatoms. The van der Waals surface area contributed by atoms with Crippen molar-refractivity contribution in [3.8, 4) is 11.5 Å². The summed E-state index contributed by atoms with van der Waals surface area (Å²) in [5.41, 5.74) is 3.11. The molecule has 3 aromatic carbocycles. The van der Waals surface area contributed by atoms with Crippen LogP contribution in [0.15, 0.2) is 60.2 Å². The summed E-state index contributed by atoms with van der Waals surface area (Å²) < 4.78 is 11.8. The highest BCUT2D eigenvalue weighted by atomic mass is 127. The van der Waals surface area contributed by atoms with E-state index >= 15 is 0 Å². The van der Waals surface area contributed by atoms with Gasteiger partial charge in [-0.1, -0.05) is 23.7 Å². The second-order valence-electron chi connectivity index (χ2n) is 8.62. The van der Waals surface area contributed by atoms with Crippen molar-refractivity contribution in [2.75, 3.05) is 23.9 Å². The smallest absolute Gasteiger partial charge is 0.335 e. The van der Waals surface area contributed by atoms with Crippen LogP contribution in [-0.2, 0) is 14.4 Å². The Morgan fingerprint density at radius 1 is 1.08 bits per heavy atom. The maximum Gasteiger partial charge on any atom is 0.335 e. The summed E-state index contributed by atoms with van der Waals surface area (Å²) in [7, 11) is 1.44. The molecule has 1 aliphatic heterocycles. The molecule has 9 nitrogen and oxygen atoms in total. The Balaban J connectivity index is 1.55. The fourth-order valence-electron chi connectivity index (χ4n) is 3.81. The topological polar surface area (TPSA) is 114 Å². The summed E-state index contributed by atoms with van der Waals surface area (Å²) in [6, 6.07) is 14.2. The number of ether oxygens (including phenoxy) is 2. The SMILES string of the molecule is COc1cc(/C=C2/C(=O)NC(=O)N(c3ccc(Cl)cc3)C2=O)cc(I)c1OCC(=O)Nc1cc(C)ccc1C. The molecule has 0 bridgehead atoms. The largest absolute Gasteiger partial charge is 0.493 e. The lowest BCUT2D eigenvalue weighted by molar-refractivity contribution is -0.122. The maximum absolute atomic E-state index is 13.2. The van der Waals surface area contributed by atoms with Gasteiger partial charge in [-0.25, -0.2) is 9.69 Å². The Morgan fingerprint density at radius 2 is 1.79 bits per heavy atom. The first-order valence-corrected chi connectivity index (χ1v) is 13.1. The van der Waals surface area contributed by atoms with E-state index < -0.39 is 17.8 Å². The number of urea groups is 1. The number of carbonyl (C=O) groups excluding carboxylic acids is 4. The van der Waals surface area contributed by atoms with Gasteiger partial charge in [0, 0.05) is 10.7 Å². The van der Waals surface area contributed by atoms with Crippen LogP contribution in [0, 0.1) is 17.4 Å². The zero-order valence-corrected chi connectivity index (χ0v) is 24.0. The van der Waals surface area contributed by atoms with Crippen molar-refractivity contribution in [2.45, 2.75) is 13.8 Å². The molecule has 0 aromatic heterocycles. The van der Waals surface area contributed by atoms with Gasteiger partial charge in [-0.15, -0.1) is 0 Å². The van der Waals surface area contributed by atoms with Crippen LogP contribution in [0.1, 0.15) is 16.7 Å². The summed E-state index contributed by atoms with van der Waals surface area (Å²) in [4.78, 5) is 51.5. The number of imide groups is 2. The first kappa shape index (κ1) is 28.1. The van der Waals surface area contributed by atoms with Crippen molar-refractivity contribution < 1.29 is 28.7 Å². The standard InChI is InChI=1S/C28H23ClIN3O6/c1-15-4-5-16(2)22(10-15)31-24(34)14-39-25-21(30)12-17(13-23(25)38-3)11-20-26(35)32-28(37)33(27(20)36)19-8-6-18(29)7-9-19/h4-13H,14H2,1-3H3,(H,31,34)(H,32,35,37)/b20-11-. The van der Waals surface area contributed by atoms with Gasteiger partial charge in [0.1, 0.15) is 5.57 Å². The lowest BCUT2D eigenvalue weighted by Gasteiger charge is -2.26. The lowest BCUT2D eigenvalue weighted by atomic mass is 10.1. The molecule has 200 valence electrons. The predicted molar refractivity (Wildman–Crippen MR) is 156 cm³/mol. The first-order valence-electron chi connectivity index (χ1n) is 11.6. The van der Waals surface area contributed by atoms with E-state index in [4.69, 9.17) is 21.1 Å². The first-order chi connectivity index (χ1) is 18.6. The third kappa shape index (κ3) is 6.40. The minimum atomic E-state index is -0.862. The average molecular weight is 660 g/mol. The summed E-state index contributed by atoms with van der Waals surface area (Å²) >= 11 is 7.92. The Labute approximate surface area is 243 Å². The van der Waals surface area contributed by atoms with Gasteiger partial charge < -0.3 is 14.8 Å². The van der Waals surface area contributed by atoms with E-state index in [0.29, 0.717) is 31.3 Å². The van der Waals surface area contributed by atoms with Gasteiger partial charge in [-0.3, -0.25) is 19.7 Å². The Bertz CT molecular complexity index is 1520. The summed E-state index contributed by atoms with van der Waals surface area (Å²) in [6.45, 7) is 3.57. The number of benzene rings is 3. The molecule has 1 heterocycles. The Hall–Kier alpha value is -3.90. The number of nitrogens with one attached hydrogen (secondary N) is 2. The van der Waals surface area contributed by atoms with E-state index in [2.05, 4.69) is 10.6 Å². The van der Waals surface area contributed by atoms with Gasteiger partial charge in [0.2, 0.25) is 0 Å². The van der Waals surface area contributed by atoms with E-state index in [-0.39, 0.29) is 23.8 Å². The normalized spacial score (nSPS) is 14.3. The van der Waals surface area contributed by atoms with E-state index in [9.17, 15) is 19.2 Å². The molecule has 39 heavy (non-hydrogen) atoms. The molecule has 1 saturated heterocycles. The molecule has 0 unspecified atom stereocenters. The lowest BCUT2D eigenvalue weighted by Crippen LogP contribution is -2.54. The van der Waals surface area contributed by atoms with Crippen LogP contribution < -0.4 is 25.0 Å². The number of amides is 5. The van der Waals surface area contributed by atoms with E-state index in [0.717, 1.165) is 16.0 Å². The summed E-state index contributed by atoms with van der Waals surface area (Å²) in [5.74, 6) is -1.34. The highest BCUT2D eigenvalue weighted by Gasteiger charge is 2.36. The number of hydrogen-bond acceptors (Lipinski definition) is 6. The van der Waals surface area contributed by atoms with E-state index in [1.807, 2.05) is 54.6 Å². The molecule has 0 aliphatic carbocycles. The average Bonchev–Trinajstić information content (AvgIpc) is 2.88. The number of carbonyl (C=O) groups is 4. The fraction of sp³-hybridized carbons (Fsp3) is 0.143. The van der Waals surface area contributed by atoms with Crippen LogP contribution in [-0.4, -0.2) is 37.5 Å². The van der Waals surface area contributed by atoms with Crippen LogP contribution in [0.2, 0.25) is 5.02 Å². The number of halogens is 2. The monoisotopic (exact) mass is 659 g/mol. The number of rotatable bonds is 7. The van der Waals surface area contributed by atoms with Gasteiger partial charge in [0.15, 0.2) is 18.1 Å². The molecule has 0 saturated carbocycles. The van der Waals surface area contributed by atoms with Gasteiger partial charge in [-0.05, 0) is 102 Å². The predicted octanol–water partition coefficient (Wildman–Crippen LogP) is 5.25. The Morgan fingerprint density at radius 3 is 2.49 bits per heavy atom. The molecule has 0 atom stereocenters. The van der Waals surface area contributed by atoms with Crippen molar-refractivity contribution in [3.63, 3.8) is 0 Å². The van der Waals surface area contributed by atoms with E-state index in [1.54, 1.807) is 12.1 Å². The molecule has 3 aromatic rings. The van der Waals surface area contributed by atoms with Crippen molar-refractivity contribution in [3.05, 3.63) is 85.5 Å². The van der Waals surface area contributed by atoms with E-state index in [1.165, 1.54) is 37.5 Å².